The molecular weight excluding hydrogens is 252 g/mol. The number of hydrogen-bond acceptors (Lipinski definition) is 3. The van der Waals surface area contributed by atoms with E-state index in [-0.39, 0.29) is 18.5 Å². The number of aryl methyl sites for hydroxylation is 1. The maximum atomic E-state index is 11.6. The van der Waals surface area contributed by atoms with Crippen LogP contribution >= 0.6 is 12.4 Å². The lowest BCUT2D eigenvalue weighted by Crippen LogP contribution is -2.46. The van der Waals surface area contributed by atoms with Crippen LogP contribution in [0.1, 0.15) is 24.0 Å². The van der Waals surface area contributed by atoms with Gasteiger partial charge in [-0.05, 0) is 32.1 Å². The average molecular weight is 269 g/mol. The van der Waals surface area contributed by atoms with Gasteiger partial charge in [-0.3, -0.25) is 5.32 Å². The predicted molar refractivity (Wildman–Crippen MR) is 72.3 cm³/mol. The molecule has 0 aromatic heterocycles. The molecule has 1 aromatic carbocycles. The monoisotopic (exact) mass is 268 g/mol. The number of rotatable bonds is 0. The van der Waals surface area contributed by atoms with E-state index in [1.165, 1.54) is 5.56 Å². The van der Waals surface area contributed by atoms with E-state index in [0.29, 0.717) is 0 Å². The number of piperidine rings is 1. The molecule has 2 aliphatic heterocycles. The molecule has 0 saturated carbocycles. The van der Waals surface area contributed by atoms with Crippen LogP contribution in [0.15, 0.2) is 18.2 Å². The van der Waals surface area contributed by atoms with Crippen LogP contribution in [0.2, 0.25) is 0 Å². The minimum absolute atomic E-state index is 0. The molecule has 1 aromatic rings. The largest absolute Gasteiger partial charge is 0.438 e. The standard InChI is InChI=1S/C13H16N2O2.ClH/c1-9-2-3-11-10(8-9)13(17-12(16)15-11)4-6-14-7-5-13;/h2-3,8,14H,4-7H2,1H3,(H,15,16);1H. The highest BCUT2D eigenvalue weighted by Crippen LogP contribution is 2.42. The smallest absolute Gasteiger partial charge is 0.412 e. The summed E-state index contributed by atoms with van der Waals surface area (Å²) in [6.07, 6.45) is 1.36. The molecule has 2 N–H and O–H groups in total. The van der Waals surface area contributed by atoms with Crippen molar-refractivity contribution >= 4 is 24.2 Å². The SMILES string of the molecule is Cc1ccc2c(c1)C1(CCNCC1)OC(=O)N2.Cl. The average Bonchev–Trinajstić information content (AvgIpc) is 2.31. The van der Waals surface area contributed by atoms with Gasteiger partial charge in [0, 0.05) is 18.4 Å². The topological polar surface area (TPSA) is 50.4 Å². The molecule has 4 nitrogen and oxygen atoms in total. The van der Waals surface area contributed by atoms with Crippen LogP contribution < -0.4 is 10.6 Å². The first-order valence-corrected chi connectivity index (χ1v) is 6.01. The number of benzene rings is 1. The summed E-state index contributed by atoms with van der Waals surface area (Å²) in [5.74, 6) is 0. The van der Waals surface area contributed by atoms with Gasteiger partial charge in [0.1, 0.15) is 5.60 Å². The Labute approximate surface area is 113 Å². The fraction of sp³-hybridized carbons (Fsp3) is 0.462. The van der Waals surface area contributed by atoms with Gasteiger partial charge in [-0.15, -0.1) is 12.4 Å². The first kappa shape index (κ1) is 13.2. The predicted octanol–water partition coefficient (Wildman–Crippen LogP) is 2.56. The lowest BCUT2D eigenvalue weighted by atomic mass is 9.82. The van der Waals surface area contributed by atoms with Crippen molar-refractivity contribution in [3.05, 3.63) is 29.3 Å². The number of halogens is 1. The highest BCUT2D eigenvalue weighted by atomic mass is 35.5. The molecule has 2 aliphatic rings. The number of amides is 1. The van der Waals surface area contributed by atoms with Crippen molar-refractivity contribution < 1.29 is 9.53 Å². The van der Waals surface area contributed by atoms with Crippen LogP contribution in [-0.2, 0) is 10.3 Å². The molecular formula is C13H17ClN2O2. The van der Waals surface area contributed by atoms with Gasteiger partial charge in [-0.25, -0.2) is 4.79 Å². The summed E-state index contributed by atoms with van der Waals surface area (Å²) < 4.78 is 5.61. The highest BCUT2D eigenvalue weighted by molar-refractivity contribution is 5.89. The van der Waals surface area contributed by atoms with Crippen molar-refractivity contribution in [3.63, 3.8) is 0 Å². The van der Waals surface area contributed by atoms with Crippen molar-refractivity contribution in [1.29, 1.82) is 0 Å². The summed E-state index contributed by atoms with van der Waals surface area (Å²) in [6, 6.07) is 6.11. The van der Waals surface area contributed by atoms with Gasteiger partial charge >= 0.3 is 6.09 Å². The Bertz CT molecular complexity index is 470. The van der Waals surface area contributed by atoms with E-state index < -0.39 is 5.60 Å². The number of ether oxygens (including phenoxy) is 1. The zero-order valence-electron chi connectivity index (χ0n) is 10.3. The summed E-state index contributed by atoms with van der Waals surface area (Å²) >= 11 is 0. The molecule has 1 saturated heterocycles. The van der Waals surface area contributed by atoms with Crippen molar-refractivity contribution in [2.45, 2.75) is 25.4 Å². The Balaban J connectivity index is 0.00000120. The van der Waals surface area contributed by atoms with E-state index in [1.54, 1.807) is 0 Å². The molecule has 98 valence electrons. The second-order valence-corrected chi connectivity index (χ2v) is 4.81. The van der Waals surface area contributed by atoms with E-state index in [0.717, 1.165) is 37.2 Å². The van der Waals surface area contributed by atoms with E-state index in [9.17, 15) is 4.79 Å². The molecule has 0 radical (unpaired) electrons. The summed E-state index contributed by atoms with van der Waals surface area (Å²) in [6.45, 7) is 3.84. The number of hydrogen-bond donors (Lipinski definition) is 2. The molecule has 0 unspecified atom stereocenters. The summed E-state index contributed by atoms with van der Waals surface area (Å²) in [7, 11) is 0. The lowest BCUT2D eigenvalue weighted by Gasteiger charge is -2.41. The first-order valence-electron chi connectivity index (χ1n) is 6.01. The fourth-order valence-corrected chi connectivity index (χ4v) is 2.71. The Morgan fingerprint density at radius 1 is 1.28 bits per heavy atom. The van der Waals surface area contributed by atoms with Gasteiger partial charge in [-0.2, -0.15) is 0 Å². The van der Waals surface area contributed by atoms with Crippen molar-refractivity contribution in [2.24, 2.45) is 0 Å². The molecule has 0 bridgehead atoms. The van der Waals surface area contributed by atoms with Crippen LogP contribution in [0.25, 0.3) is 0 Å². The fourth-order valence-electron chi connectivity index (χ4n) is 2.71. The number of anilines is 1. The van der Waals surface area contributed by atoms with Gasteiger partial charge in [0.2, 0.25) is 0 Å². The second-order valence-electron chi connectivity index (χ2n) is 4.81. The van der Waals surface area contributed by atoms with E-state index >= 15 is 0 Å². The van der Waals surface area contributed by atoms with Crippen molar-refractivity contribution in [3.8, 4) is 0 Å². The quantitative estimate of drug-likeness (QED) is 0.760. The van der Waals surface area contributed by atoms with Crippen LogP contribution in [0.5, 0.6) is 0 Å². The summed E-state index contributed by atoms with van der Waals surface area (Å²) in [5.41, 5.74) is 2.79. The van der Waals surface area contributed by atoms with Gasteiger partial charge < -0.3 is 10.1 Å². The van der Waals surface area contributed by atoms with Gasteiger partial charge in [0.15, 0.2) is 0 Å². The third kappa shape index (κ3) is 2.06. The van der Waals surface area contributed by atoms with E-state index in [4.69, 9.17) is 4.74 Å². The summed E-state index contributed by atoms with van der Waals surface area (Å²) in [4.78, 5) is 11.6. The van der Waals surface area contributed by atoms with Crippen LogP contribution in [0.4, 0.5) is 10.5 Å². The number of carbonyl (C=O) groups is 1. The number of fused-ring (bicyclic) bond motifs is 2. The summed E-state index contributed by atoms with van der Waals surface area (Å²) in [5, 5.41) is 6.08. The molecule has 2 heterocycles. The zero-order chi connectivity index (χ0) is 11.9. The normalized spacial score (nSPS) is 20.4. The molecule has 1 amide bonds. The Hall–Kier alpha value is -1.26. The third-order valence-electron chi connectivity index (χ3n) is 3.60. The molecule has 0 atom stereocenters. The Morgan fingerprint density at radius 3 is 2.72 bits per heavy atom. The van der Waals surface area contributed by atoms with Gasteiger partial charge in [-0.1, -0.05) is 11.6 Å². The lowest BCUT2D eigenvalue weighted by molar-refractivity contribution is -0.0126. The maximum absolute atomic E-state index is 11.6. The molecule has 3 rings (SSSR count). The molecule has 0 aliphatic carbocycles. The van der Waals surface area contributed by atoms with Gasteiger partial charge in [0.05, 0.1) is 5.69 Å². The Morgan fingerprint density at radius 2 is 2.00 bits per heavy atom. The molecule has 18 heavy (non-hydrogen) atoms. The zero-order valence-corrected chi connectivity index (χ0v) is 11.1. The third-order valence-corrected chi connectivity index (χ3v) is 3.60. The minimum Gasteiger partial charge on any atom is -0.438 e. The highest BCUT2D eigenvalue weighted by Gasteiger charge is 2.42. The van der Waals surface area contributed by atoms with E-state index in [1.807, 2.05) is 12.1 Å². The second kappa shape index (κ2) is 4.78. The van der Waals surface area contributed by atoms with Crippen molar-refractivity contribution in [1.82, 2.24) is 5.32 Å². The van der Waals surface area contributed by atoms with Crippen LogP contribution in [0.3, 0.4) is 0 Å². The Kier molecular flexibility index (Phi) is 3.50. The van der Waals surface area contributed by atoms with E-state index in [2.05, 4.69) is 23.6 Å². The van der Waals surface area contributed by atoms with Crippen LogP contribution in [-0.4, -0.2) is 19.2 Å². The van der Waals surface area contributed by atoms with Crippen LogP contribution in [0, 0.1) is 6.92 Å². The molecule has 1 spiro atoms. The number of nitrogens with one attached hydrogen (secondary N) is 2. The maximum Gasteiger partial charge on any atom is 0.412 e. The first-order chi connectivity index (χ1) is 8.20. The minimum atomic E-state index is -0.422. The van der Waals surface area contributed by atoms with Gasteiger partial charge in [0.25, 0.3) is 0 Å². The molecule has 1 fully saturated rings. The van der Waals surface area contributed by atoms with Crippen molar-refractivity contribution in [2.75, 3.05) is 18.4 Å². The number of carbonyl (C=O) groups excluding carboxylic acids is 1. The molecule has 5 heteroatoms.